The topological polar surface area (TPSA) is 218 Å². The first-order chi connectivity index (χ1) is 29.1. The predicted octanol–water partition coefficient (Wildman–Crippen LogP) is 5.33. The van der Waals surface area contributed by atoms with E-state index in [1.807, 2.05) is 6.07 Å². The van der Waals surface area contributed by atoms with Crippen molar-refractivity contribution >= 4 is 46.2 Å². The van der Waals surface area contributed by atoms with Crippen molar-refractivity contribution in [3.8, 4) is 11.5 Å². The van der Waals surface area contributed by atoms with E-state index in [1.165, 1.54) is 34.6 Å². The number of amides is 4. The number of carbonyl (C=O) groups excluding carboxylic acids is 4. The summed E-state index contributed by atoms with van der Waals surface area (Å²) in [7, 11) is 0. The Kier molecular flexibility index (Phi) is 12.1. The zero-order chi connectivity index (χ0) is 41.8. The summed E-state index contributed by atoms with van der Waals surface area (Å²) >= 11 is 0. The number of alkyl halides is 2. The molecule has 1 saturated heterocycles. The van der Waals surface area contributed by atoms with Crippen molar-refractivity contribution in [2.75, 3.05) is 36.9 Å². The van der Waals surface area contributed by atoms with Gasteiger partial charge in [0.15, 0.2) is 17.0 Å². The smallest absolute Gasteiger partial charge is 0.420 e. The molecule has 8 rings (SSSR count). The van der Waals surface area contributed by atoms with Crippen molar-refractivity contribution in [3.63, 3.8) is 0 Å². The summed E-state index contributed by atoms with van der Waals surface area (Å²) in [6.07, 6.45) is 7.29. The lowest BCUT2D eigenvalue weighted by Crippen LogP contribution is -2.43. The average Bonchev–Trinajstić information content (AvgIpc) is 3.59. The van der Waals surface area contributed by atoms with Crippen molar-refractivity contribution in [1.82, 2.24) is 34.9 Å². The Morgan fingerprint density at radius 1 is 1.03 bits per heavy atom. The number of ether oxygens (including phenoxy) is 1. The number of para-hydroxylation sites is 1. The third-order valence-electron chi connectivity index (χ3n) is 11.2. The molecule has 4 amide bonds. The molecule has 4 aromatic heterocycles. The maximum Gasteiger partial charge on any atom is 0.420 e. The molecule has 60 heavy (non-hydrogen) atoms. The van der Waals surface area contributed by atoms with Gasteiger partial charge < -0.3 is 29.5 Å². The highest BCUT2D eigenvalue weighted by Crippen LogP contribution is 2.35. The molecule has 5 aromatic rings. The van der Waals surface area contributed by atoms with E-state index in [2.05, 4.69) is 36.3 Å². The number of anilines is 2. The molecule has 17 nitrogen and oxygen atoms in total. The minimum Gasteiger partial charge on any atom is -0.444 e. The molecule has 3 aliphatic rings. The van der Waals surface area contributed by atoms with E-state index in [1.54, 1.807) is 30.5 Å². The van der Waals surface area contributed by atoms with Crippen LogP contribution in [0.5, 0.6) is 0 Å². The Hall–Kier alpha value is -6.24. The summed E-state index contributed by atoms with van der Waals surface area (Å²) in [4.78, 5) is 71.3. The van der Waals surface area contributed by atoms with Gasteiger partial charge in [-0.25, -0.2) is 23.5 Å². The maximum absolute atomic E-state index is 14.1. The van der Waals surface area contributed by atoms with E-state index in [0.29, 0.717) is 86.7 Å². The van der Waals surface area contributed by atoms with Gasteiger partial charge in [-0.1, -0.05) is 12.1 Å². The molecule has 0 bridgehead atoms. The van der Waals surface area contributed by atoms with Crippen LogP contribution in [0, 0.1) is 11.8 Å². The second kappa shape index (κ2) is 17.9. The minimum absolute atomic E-state index is 0.0790. The van der Waals surface area contributed by atoms with Crippen LogP contribution in [0.4, 0.5) is 20.3 Å². The zero-order valence-electron chi connectivity index (χ0n) is 32.7. The van der Waals surface area contributed by atoms with Crippen LogP contribution < -0.4 is 27.0 Å². The summed E-state index contributed by atoms with van der Waals surface area (Å²) in [5.74, 6) is -1.12. The Morgan fingerprint density at radius 3 is 2.65 bits per heavy atom. The van der Waals surface area contributed by atoms with Crippen LogP contribution in [-0.2, 0) is 25.5 Å². The van der Waals surface area contributed by atoms with Gasteiger partial charge in [-0.2, -0.15) is 5.10 Å². The number of pyridine rings is 1. The molecule has 3 fully saturated rings. The predicted molar refractivity (Wildman–Crippen MR) is 211 cm³/mol. The van der Waals surface area contributed by atoms with Crippen LogP contribution in [0.25, 0.3) is 22.6 Å². The van der Waals surface area contributed by atoms with Crippen LogP contribution >= 0.6 is 0 Å². The summed E-state index contributed by atoms with van der Waals surface area (Å²) in [5.41, 5.74) is 1.53. The number of rotatable bonds is 17. The van der Waals surface area contributed by atoms with Gasteiger partial charge in [-0.3, -0.25) is 33.7 Å². The third-order valence-corrected chi connectivity index (χ3v) is 11.2. The molecule has 316 valence electrons. The number of benzene rings is 1. The van der Waals surface area contributed by atoms with Gasteiger partial charge in [-0.05, 0) is 87.5 Å². The number of nitrogens with one attached hydrogen (secondary N) is 4. The molecule has 1 aliphatic heterocycles. The molecular formula is C41H45F2N9O8. The Morgan fingerprint density at radius 2 is 1.87 bits per heavy atom. The van der Waals surface area contributed by atoms with Gasteiger partial charge >= 0.3 is 5.76 Å². The van der Waals surface area contributed by atoms with Crippen LogP contribution in [0.3, 0.4) is 0 Å². The lowest BCUT2D eigenvalue weighted by Gasteiger charge is -2.28. The van der Waals surface area contributed by atoms with Crippen LogP contribution in [0.15, 0.2) is 62.6 Å². The van der Waals surface area contributed by atoms with E-state index < -0.39 is 35.7 Å². The van der Waals surface area contributed by atoms with E-state index in [4.69, 9.17) is 13.6 Å². The molecule has 2 saturated carbocycles. The summed E-state index contributed by atoms with van der Waals surface area (Å²) in [6, 6.07) is 7.77. The molecule has 0 radical (unpaired) electrons. The first-order valence-corrected chi connectivity index (χ1v) is 20.3. The van der Waals surface area contributed by atoms with Crippen molar-refractivity contribution in [2.24, 2.45) is 11.8 Å². The van der Waals surface area contributed by atoms with E-state index in [9.17, 15) is 32.8 Å². The summed E-state index contributed by atoms with van der Waals surface area (Å²) in [6.45, 7) is 1.83. The number of halogens is 2. The standard InChI is InChI=1S/C41H45F2N9O8/c42-36(43)34-28(47-38(55)29-22-59-40(48-29)26-14-15-44-32(19-26)46-20-23-6-7-23)21-51(50-34)27-10-8-25(9-11-27)37(54)45-16-18-58-17-2-4-24-3-1-5-30-35(24)60-41(57)52(30)31-12-13-33(53)49-39(31)56/h1,3,5,14-15,19,21-23,25,27,31,36H,2,4,6-13,16-18,20H2,(H,44,46)(H,45,54)(H,47,55)(H,49,53,56). The first-order valence-electron chi connectivity index (χ1n) is 20.3. The molecular weight excluding hydrogens is 785 g/mol. The minimum atomic E-state index is -2.94. The highest BCUT2D eigenvalue weighted by Gasteiger charge is 2.32. The van der Waals surface area contributed by atoms with Crippen LogP contribution in [0.1, 0.15) is 98.0 Å². The van der Waals surface area contributed by atoms with Gasteiger partial charge in [-0.15, -0.1) is 0 Å². The largest absolute Gasteiger partial charge is 0.444 e. The quantitative estimate of drug-likeness (QED) is 0.0691. The highest BCUT2D eigenvalue weighted by molar-refractivity contribution is 6.03. The average molecular weight is 830 g/mol. The third kappa shape index (κ3) is 9.30. The number of aromatic nitrogens is 5. The van der Waals surface area contributed by atoms with Crippen LogP contribution in [-0.4, -0.2) is 74.2 Å². The van der Waals surface area contributed by atoms with E-state index >= 15 is 0 Å². The fraction of sp³-hybridized carbons (Fsp3) is 0.463. The van der Waals surface area contributed by atoms with Crippen molar-refractivity contribution in [3.05, 3.63) is 76.5 Å². The molecule has 4 N–H and O–H groups in total. The lowest BCUT2D eigenvalue weighted by molar-refractivity contribution is -0.135. The Bertz CT molecular complexity index is 2430. The number of fused-ring (bicyclic) bond motifs is 1. The normalized spacial score (nSPS) is 19.4. The lowest BCUT2D eigenvalue weighted by atomic mass is 9.85. The van der Waals surface area contributed by atoms with Crippen LogP contribution in [0.2, 0.25) is 0 Å². The molecule has 2 aliphatic carbocycles. The molecule has 5 heterocycles. The SMILES string of the molecule is O=C1CCC(n2c(=O)oc3c(CCCOCCNC(=O)C4CCC(n5cc(NC(=O)c6coc(-c7ccnc(NCC8CC8)c7)n6)c(C(F)F)n5)CC4)cccc32)C(=O)N1. The Balaban J connectivity index is 0.765. The number of imide groups is 1. The second-order valence-electron chi connectivity index (χ2n) is 15.4. The highest BCUT2D eigenvalue weighted by atomic mass is 19.3. The number of nitrogens with zero attached hydrogens (tertiary/aromatic N) is 5. The van der Waals surface area contributed by atoms with Gasteiger partial charge in [0.05, 0.1) is 23.9 Å². The maximum atomic E-state index is 14.1. The monoisotopic (exact) mass is 829 g/mol. The molecule has 19 heteroatoms. The molecule has 1 unspecified atom stereocenters. The van der Waals surface area contributed by atoms with Gasteiger partial charge in [0.25, 0.3) is 12.3 Å². The summed E-state index contributed by atoms with van der Waals surface area (Å²) < 4.78 is 47.7. The number of hydrogen-bond acceptors (Lipinski definition) is 12. The van der Waals surface area contributed by atoms with Gasteiger partial charge in [0.2, 0.25) is 23.6 Å². The molecule has 1 atom stereocenters. The Labute approximate surface area is 341 Å². The van der Waals surface area contributed by atoms with Crippen molar-refractivity contribution in [1.29, 1.82) is 0 Å². The molecule has 0 spiro atoms. The van der Waals surface area contributed by atoms with E-state index in [0.717, 1.165) is 12.1 Å². The number of carbonyl (C=O) groups is 4. The second-order valence-corrected chi connectivity index (χ2v) is 15.4. The fourth-order valence-corrected chi connectivity index (χ4v) is 7.77. The number of piperidine rings is 1. The van der Waals surface area contributed by atoms with Gasteiger partial charge in [0.1, 0.15) is 18.1 Å². The van der Waals surface area contributed by atoms with Gasteiger partial charge in [0, 0.05) is 50.0 Å². The van der Waals surface area contributed by atoms with Crippen molar-refractivity contribution < 1.29 is 41.5 Å². The zero-order valence-corrected chi connectivity index (χ0v) is 32.7. The fourth-order valence-electron chi connectivity index (χ4n) is 7.77. The number of aryl methyl sites for hydroxylation is 1. The molecule has 1 aromatic carbocycles. The number of hydrogen-bond donors (Lipinski definition) is 4. The van der Waals surface area contributed by atoms with Crippen molar-refractivity contribution in [2.45, 2.75) is 82.7 Å². The van der Waals surface area contributed by atoms with E-state index in [-0.39, 0.29) is 53.9 Å². The summed E-state index contributed by atoms with van der Waals surface area (Å²) in [5, 5.41) is 15.1. The first kappa shape index (κ1) is 40.5. The number of oxazole rings is 2.